The van der Waals surface area contributed by atoms with Gasteiger partial charge in [0.25, 0.3) is 0 Å². The summed E-state index contributed by atoms with van der Waals surface area (Å²) >= 11 is 0. The highest BCUT2D eigenvalue weighted by Gasteiger charge is 2.00. The standard InChI is InChI=1S/C16H23N/c1-8-13(6)11-15(9-2)14(7)17-16(10-3)12(4)5/h8-11H,2,4H2,1,3,5-7H3/b13-8-,15-11+,16-10-,17-14-. The molecule has 0 spiro atoms. The van der Waals surface area contributed by atoms with Gasteiger partial charge in [0, 0.05) is 5.71 Å². The summed E-state index contributed by atoms with van der Waals surface area (Å²) in [6, 6.07) is 0. The third-order valence-electron chi connectivity index (χ3n) is 2.48. The van der Waals surface area contributed by atoms with Crippen molar-refractivity contribution < 1.29 is 0 Å². The van der Waals surface area contributed by atoms with Crippen molar-refractivity contribution in [3.05, 3.63) is 59.9 Å². The fraction of sp³-hybridized carbons (Fsp3) is 0.312. The minimum absolute atomic E-state index is 0.924. The van der Waals surface area contributed by atoms with Crippen molar-refractivity contribution in [1.29, 1.82) is 0 Å². The summed E-state index contributed by atoms with van der Waals surface area (Å²) in [4.78, 5) is 4.56. The van der Waals surface area contributed by atoms with Gasteiger partial charge in [-0.15, -0.1) is 0 Å². The molecule has 0 aromatic rings. The van der Waals surface area contributed by atoms with E-state index in [2.05, 4.69) is 37.2 Å². The lowest BCUT2D eigenvalue weighted by atomic mass is 10.1. The number of nitrogens with zero attached hydrogens (tertiary/aromatic N) is 1. The van der Waals surface area contributed by atoms with Crippen LogP contribution < -0.4 is 0 Å². The SMILES string of the molecule is C=CC(=C\C(C)=C/C)/C(C)=N\C(=C/C)C(=C)C. The van der Waals surface area contributed by atoms with E-state index in [1.165, 1.54) is 5.57 Å². The summed E-state index contributed by atoms with van der Waals surface area (Å²) in [6.45, 7) is 17.7. The molecule has 0 saturated heterocycles. The molecule has 0 bridgehead atoms. The molecule has 0 unspecified atom stereocenters. The summed E-state index contributed by atoms with van der Waals surface area (Å²) in [5.41, 5.74) is 5.09. The molecule has 0 heterocycles. The molecule has 0 aromatic carbocycles. The van der Waals surface area contributed by atoms with Gasteiger partial charge in [-0.1, -0.05) is 43.0 Å². The van der Waals surface area contributed by atoms with Gasteiger partial charge in [-0.2, -0.15) is 0 Å². The summed E-state index contributed by atoms with van der Waals surface area (Å²) in [5.74, 6) is 0. The monoisotopic (exact) mass is 229 g/mol. The third kappa shape index (κ3) is 5.30. The van der Waals surface area contributed by atoms with Gasteiger partial charge in [-0.05, 0) is 45.8 Å². The zero-order valence-electron chi connectivity index (χ0n) is 11.7. The van der Waals surface area contributed by atoms with Crippen molar-refractivity contribution in [2.75, 3.05) is 0 Å². The van der Waals surface area contributed by atoms with Crippen LogP contribution in [0, 0.1) is 0 Å². The van der Waals surface area contributed by atoms with Gasteiger partial charge in [-0.3, -0.25) is 4.99 Å². The van der Waals surface area contributed by atoms with Gasteiger partial charge in [0.2, 0.25) is 0 Å². The average Bonchev–Trinajstić information content (AvgIpc) is 2.31. The second-order valence-corrected chi connectivity index (χ2v) is 3.99. The summed E-state index contributed by atoms with van der Waals surface area (Å²) in [6.07, 6.45) is 7.94. The molecule has 0 aliphatic carbocycles. The van der Waals surface area contributed by atoms with Gasteiger partial charge in [-0.25, -0.2) is 0 Å². The van der Waals surface area contributed by atoms with Crippen LogP contribution in [-0.4, -0.2) is 5.71 Å². The Morgan fingerprint density at radius 1 is 1.06 bits per heavy atom. The Hall–Kier alpha value is -1.63. The Morgan fingerprint density at radius 2 is 1.65 bits per heavy atom. The Kier molecular flexibility index (Phi) is 6.88. The van der Waals surface area contributed by atoms with Crippen molar-refractivity contribution in [3.8, 4) is 0 Å². The van der Waals surface area contributed by atoms with Crippen molar-refractivity contribution in [2.45, 2.75) is 34.6 Å². The van der Waals surface area contributed by atoms with E-state index >= 15 is 0 Å². The van der Waals surface area contributed by atoms with E-state index < -0.39 is 0 Å². The molecule has 0 N–H and O–H groups in total. The first-order valence-corrected chi connectivity index (χ1v) is 5.81. The first kappa shape index (κ1) is 15.4. The molecule has 17 heavy (non-hydrogen) atoms. The number of aliphatic imine (C=N–C) groups is 1. The molecule has 0 radical (unpaired) electrons. The van der Waals surface area contributed by atoms with Gasteiger partial charge in [0.1, 0.15) is 0 Å². The molecule has 0 fully saturated rings. The smallest absolute Gasteiger partial charge is 0.0613 e. The van der Waals surface area contributed by atoms with Crippen LogP contribution in [0.5, 0.6) is 0 Å². The lowest BCUT2D eigenvalue weighted by molar-refractivity contribution is 1.27. The van der Waals surface area contributed by atoms with Crippen LogP contribution in [0.25, 0.3) is 0 Å². The maximum absolute atomic E-state index is 4.56. The first-order chi connectivity index (χ1) is 7.96. The normalized spacial score (nSPS) is 14.9. The van der Waals surface area contributed by atoms with Gasteiger partial charge in [0.15, 0.2) is 0 Å². The van der Waals surface area contributed by atoms with Crippen LogP contribution in [0.3, 0.4) is 0 Å². The highest BCUT2D eigenvalue weighted by Crippen LogP contribution is 2.12. The van der Waals surface area contributed by atoms with Crippen LogP contribution in [0.4, 0.5) is 0 Å². The Morgan fingerprint density at radius 3 is 2.00 bits per heavy atom. The second kappa shape index (κ2) is 7.61. The Bertz CT molecular complexity index is 415. The highest BCUT2D eigenvalue weighted by molar-refractivity contribution is 6.01. The molecule has 92 valence electrons. The number of hydrogen-bond acceptors (Lipinski definition) is 1. The zero-order valence-corrected chi connectivity index (χ0v) is 11.7. The summed E-state index contributed by atoms with van der Waals surface area (Å²) in [5, 5.41) is 0. The number of hydrogen-bond donors (Lipinski definition) is 0. The molecule has 0 saturated carbocycles. The quantitative estimate of drug-likeness (QED) is 0.464. The zero-order chi connectivity index (χ0) is 13.4. The van der Waals surface area contributed by atoms with Crippen LogP contribution >= 0.6 is 0 Å². The molecular formula is C16H23N. The van der Waals surface area contributed by atoms with E-state index in [0.29, 0.717) is 0 Å². The summed E-state index contributed by atoms with van der Waals surface area (Å²) in [7, 11) is 0. The van der Waals surface area contributed by atoms with E-state index in [9.17, 15) is 0 Å². The third-order valence-corrected chi connectivity index (χ3v) is 2.48. The fourth-order valence-corrected chi connectivity index (χ4v) is 1.29. The maximum Gasteiger partial charge on any atom is 0.0613 e. The molecule has 1 nitrogen and oxygen atoms in total. The number of allylic oxidation sites excluding steroid dienone is 7. The number of rotatable bonds is 5. The maximum atomic E-state index is 4.56. The second-order valence-electron chi connectivity index (χ2n) is 3.99. The van der Waals surface area contributed by atoms with E-state index in [0.717, 1.165) is 22.6 Å². The van der Waals surface area contributed by atoms with Gasteiger partial charge < -0.3 is 0 Å². The van der Waals surface area contributed by atoms with Crippen LogP contribution in [0.15, 0.2) is 64.9 Å². The topological polar surface area (TPSA) is 12.4 Å². The Labute approximate surface area is 106 Å². The average molecular weight is 229 g/mol. The minimum Gasteiger partial charge on any atom is -0.253 e. The van der Waals surface area contributed by atoms with Gasteiger partial charge >= 0.3 is 0 Å². The first-order valence-electron chi connectivity index (χ1n) is 5.81. The highest BCUT2D eigenvalue weighted by atomic mass is 14.8. The molecule has 0 rings (SSSR count). The Balaban J connectivity index is 5.33. The molecule has 0 atom stereocenters. The lowest BCUT2D eigenvalue weighted by Gasteiger charge is -2.05. The van der Waals surface area contributed by atoms with Crippen molar-refractivity contribution in [1.82, 2.24) is 0 Å². The lowest BCUT2D eigenvalue weighted by Crippen LogP contribution is -1.97. The predicted octanol–water partition coefficient (Wildman–Crippen LogP) is 5.01. The van der Waals surface area contributed by atoms with Crippen LogP contribution in [0.2, 0.25) is 0 Å². The van der Waals surface area contributed by atoms with Crippen molar-refractivity contribution in [2.24, 2.45) is 4.99 Å². The fourth-order valence-electron chi connectivity index (χ4n) is 1.29. The van der Waals surface area contributed by atoms with Crippen molar-refractivity contribution in [3.63, 3.8) is 0 Å². The molecular weight excluding hydrogens is 206 g/mol. The molecule has 0 amide bonds. The minimum atomic E-state index is 0.924. The molecule has 0 aromatic heterocycles. The van der Waals surface area contributed by atoms with Gasteiger partial charge in [0.05, 0.1) is 5.70 Å². The van der Waals surface area contributed by atoms with E-state index in [-0.39, 0.29) is 0 Å². The van der Waals surface area contributed by atoms with Crippen molar-refractivity contribution >= 4 is 5.71 Å². The molecule has 0 aliphatic heterocycles. The summed E-state index contributed by atoms with van der Waals surface area (Å²) < 4.78 is 0. The van der Waals surface area contributed by atoms with E-state index in [1.54, 1.807) is 0 Å². The molecule has 0 aliphatic rings. The van der Waals surface area contributed by atoms with E-state index in [4.69, 9.17) is 0 Å². The van der Waals surface area contributed by atoms with Crippen LogP contribution in [0.1, 0.15) is 34.6 Å². The van der Waals surface area contributed by atoms with E-state index in [1.807, 2.05) is 39.8 Å². The largest absolute Gasteiger partial charge is 0.253 e. The predicted molar refractivity (Wildman–Crippen MR) is 79.4 cm³/mol. The van der Waals surface area contributed by atoms with Crippen LogP contribution in [-0.2, 0) is 0 Å². The molecule has 1 heteroatoms.